The molecule has 6 heteroatoms. The average molecular weight is 317 g/mol. The maximum Gasteiger partial charge on any atom is 0.222 e. The van der Waals surface area contributed by atoms with Gasteiger partial charge in [0.05, 0.1) is 19.3 Å². The molecule has 4 nitrogen and oxygen atoms in total. The predicted octanol–water partition coefficient (Wildman–Crippen LogP) is 2.12. The summed E-state index contributed by atoms with van der Waals surface area (Å²) >= 11 is 1.73. The molecule has 2 fully saturated rings. The third-order valence-electron chi connectivity index (χ3n) is 3.69. The number of thiophene rings is 1. The number of carbonyl (C=O) groups is 1. The van der Waals surface area contributed by atoms with Gasteiger partial charge in [-0.1, -0.05) is 6.07 Å². The molecule has 3 rings (SSSR count). The van der Waals surface area contributed by atoms with Crippen molar-refractivity contribution in [3.05, 3.63) is 22.4 Å². The second-order valence-electron chi connectivity index (χ2n) is 5.33. The molecule has 1 aromatic heterocycles. The number of halogens is 1. The van der Waals surface area contributed by atoms with Crippen molar-refractivity contribution in [1.82, 2.24) is 10.6 Å². The molecule has 1 aromatic rings. The smallest absolute Gasteiger partial charge is 0.222 e. The maximum absolute atomic E-state index is 12.1. The zero-order chi connectivity index (χ0) is 13.1. The van der Waals surface area contributed by atoms with Crippen LogP contribution in [-0.4, -0.2) is 31.7 Å². The second-order valence-corrected chi connectivity index (χ2v) is 6.31. The minimum Gasteiger partial charge on any atom is -0.378 e. The van der Waals surface area contributed by atoms with Gasteiger partial charge in [0, 0.05) is 23.9 Å². The zero-order valence-electron chi connectivity index (χ0n) is 11.3. The summed E-state index contributed by atoms with van der Waals surface area (Å²) in [5, 5.41) is 8.60. The van der Waals surface area contributed by atoms with Crippen molar-refractivity contribution in [3.63, 3.8) is 0 Å². The molecule has 0 radical (unpaired) electrons. The molecule has 2 atom stereocenters. The Hall–Kier alpha value is -0.620. The highest BCUT2D eigenvalue weighted by Gasteiger charge is 2.34. The highest BCUT2D eigenvalue weighted by atomic mass is 35.5. The molecule has 1 aliphatic heterocycles. The quantitative estimate of drug-likeness (QED) is 0.875. The van der Waals surface area contributed by atoms with E-state index in [4.69, 9.17) is 4.74 Å². The Labute approximate surface area is 129 Å². The van der Waals surface area contributed by atoms with Crippen molar-refractivity contribution in [2.75, 3.05) is 19.8 Å². The van der Waals surface area contributed by atoms with Gasteiger partial charge in [-0.3, -0.25) is 4.79 Å². The van der Waals surface area contributed by atoms with Crippen LogP contribution in [0, 0.1) is 5.92 Å². The number of amides is 1. The molecule has 1 aliphatic carbocycles. The average Bonchev–Trinajstić information content (AvgIpc) is 3.12. The van der Waals surface area contributed by atoms with Crippen LogP contribution in [0.5, 0.6) is 0 Å². The fourth-order valence-electron chi connectivity index (χ4n) is 2.53. The molecule has 0 aromatic carbocycles. The Kier molecular flexibility index (Phi) is 5.84. The SMILES string of the molecule is Cl.O=C(CC1COCCN1)NC(c1cccs1)C1CC1. The highest BCUT2D eigenvalue weighted by molar-refractivity contribution is 7.10. The molecule has 0 spiro atoms. The van der Waals surface area contributed by atoms with Crippen molar-refractivity contribution in [2.45, 2.75) is 31.3 Å². The summed E-state index contributed by atoms with van der Waals surface area (Å²) in [5.41, 5.74) is 0. The Morgan fingerprint density at radius 1 is 1.55 bits per heavy atom. The van der Waals surface area contributed by atoms with Gasteiger partial charge >= 0.3 is 0 Å². The standard InChI is InChI=1S/C14H20N2O2S.ClH/c17-13(8-11-9-18-6-5-15-11)16-14(10-3-4-10)12-2-1-7-19-12;/h1-2,7,10-11,14-15H,3-6,8-9H2,(H,16,17);1H. The van der Waals surface area contributed by atoms with Gasteiger partial charge in [-0.05, 0) is 30.2 Å². The third kappa shape index (κ3) is 4.19. The molecular weight excluding hydrogens is 296 g/mol. The molecule has 112 valence electrons. The molecular formula is C14H21ClN2O2S. The lowest BCUT2D eigenvalue weighted by Gasteiger charge is -2.24. The van der Waals surface area contributed by atoms with Gasteiger partial charge in [0.2, 0.25) is 5.91 Å². The van der Waals surface area contributed by atoms with Gasteiger partial charge in [0.25, 0.3) is 0 Å². The van der Waals surface area contributed by atoms with E-state index in [-0.39, 0.29) is 30.4 Å². The van der Waals surface area contributed by atoms with Crippen molar-refractivity contribution in [1.29, 1.82) is 0 Å². The van der Waals surface area contributed by atoms with Crippen LogP contribution in [0.25, 0.3) is 0 Å². The van der Waals surface area contributed by atoms with Gasteiger partial charge < -0.3 is 15.4 Å². The van der Waals surface area contributed by atoms with Gasteiger partial charge in [-0.15, -0.1) is 23.7 Å². The molecule has 2 unspecified atom stereocenters. The van der Waals surface area contributed by atoms with E-state index in [1.54, 1.807) is 11.3 Å². The molecule has 1 saturated heterocycles. The first kappa shape index (κ1) is 15.8. The predicted molar refractivity (Wildman–Crippen MR) is 82.4 cm³/mol. The van der Waals surface area contributed by atoms with Crippen LogP contribution >= 0.6 is 23.7 Å². The van der Waals surface area contributed by atoms with Crippen molar-refractivity contribution < 1.29 is 9.53 Å². The Morgan fingerprint density at radius 3 is 3.00 bits per heavy atom. The van der Waals surface area contributed by atoms with Crippen LogP contribution in [0.3, 0.4) is 0 Å². The lowest BCUT2D eigenvalue weighted by Crippen LogP contribution is -2.44. The van der Waals surface area contributed by atoms with Crippen LogP contribution in [0.2, 0.25) is 0 Å². The van der Waals surface area contributed by atoms with Crippen LogP contribution in [0.15, 0.2) is 17.5 Å². The molecule has 20 heavy (non-hydrogen) atoms. The normalized spacial score (nSPS) is 23.7. The molecule has 0 bridgehead atoms. The summed E-state index contributed by atoms with van der Waals surface area (Å²) in [6.07, 6.45) is 2.97. The monoisotopic (exact) mass is 316 g/mol. The van der Waals surface area contributed by atoms with Gasteiger partial charge in [0.15, 0.2) is 0 Å². The largest absolute Gasteiger partial charge is 0.378 e. The molecule has 2 heterocycles. The Bertz CT molecular complexity index is 417. The topological polar surface area (TPSA) is 50.4 Å². The summed E-state index contributed by atoms with van der Waals surface area (Å²) in [6, 6.07) is 4.56. The van der Waals surface area contributed by atoms with E-state index in [1.165, 1.54) is 17.7 Å². The van der Waals surface area contributed by atoms with Crippen molar-refractivity contribution in [3.8, 4) is 0 Å². The van der Waals surface area contributed by atoms with Crippen molar-refractivity contribution >= 4 is 29.7 Å². The number of hydrogen-bond donors (Lipinski definition) is 2. The van der Waals surface area contributed by atoms with Crippen LogP contribution in [0.1, 0.15) is 30.2 Å². The number of hydrogen-bond acceptors (Lipinski definition) is 4. The van der Waals surface area contributed by atoms with E-state index in [0.717, 1.165) is 13.2 Å². The van der Waals surface area contributed by atoms with Gasteiger partial charge in [0.1, 0.15) is 0 Å². The Morgan fingerprint density at radius 2 is 2.40 bits per heavy atom. The number of rotatable bonds is 5. The fourth-order valence-corrected chi connectivity index (χ4v) is 3.40. The third-order valence-corrected chi connectivity index (χ3v) is 4.65. The van der Waals surface area contributed by atoms with Crippen molar-refractivity contribution in [2.24, 2.45) is 5.92 Å². The van der Waals surface area contributed by atoms with Crippen LogP contribution in [-0.2, 0) is 9.53 Å². The summed E-state index contributed by atoms with van der Waals surface area (Å²) in [5.74, 6) is 0.770. The van der Waals surface area contributed by atoms with Gasteiger partial charge in [-0.25, -0.2) is 0 Å². The van der Waals surface area contributed by atoms with E-state index in [2.05, 4.69) is 28.1 Å². The minimum absolute atomic E-state index is 0. The molecule has 1 amide bonds. The molecule has 2 N–H and O–H groups in total. The highest BCUT2D eigenvalue weighted by Crippen LogP contribution is 2.42. The minimum atomic E-state index is 0. The maximum atomic E-state index is 12.1. The van der Waals surface area contributed by atoms with Crippen LogP contribution in [0.4, 0.5) is 0 Å². The van der Waals surface area contributed by atoms with E-state index in [9.17, 15) is 4.79 Å². The summed E-state index contributed by atoms with van der Waals surface area (Å²) in [7, 11) is 0. The summed E-state index contributed by atoms with van der Waals surface area (Å²) in [6.45, 7) is 2.23. The van der Waals surface area contributed by atoms with E-state index in [1.807, 2.05) is 0 Å². The lowest BCUT2D eigenvalue weighted by molar-refractivity contribution is -0.123. The van der Waals surface area contributed by atoms with Crippen LogP contribution < -0.4 is 10.6 Å². The molecule has 2 aliphatic rings. The lowest BCUT2D eigenvalue weighted by atomic mass is 10.1. The van der Waals surface area contributed by atoms with E-state index >= 15 is 0 Å². The Balaban J connectivity index is 0.00000147. The second kappa shape index (κ2) is 7.41. The number of carbonyl (C=O) groups excluding carboxylic acids is 1. The first-order valence-electron chi connectivity index (χ1n) is 6.97. The van der Waals surface area contributed by atoms with E-state index in [0.29, 0.717) is 18.9 Å². The first-order chi connectivity index (χ1) is 9.33. The zero-order valence-corrected chi connectivity index (χ0v) is 13.0. The summed E-state index contributed by atoms with van der Waals surface area (Å²) < 4.78 is 5.38. The molecule has 1 saturated carbocycles. The number of ether oxygens (including phenoxy) is 1. The fraction of sp³-hybridized carbons (Fsp3) is 0.643. The number of nitrogens with one attached hydrogen (secondary N) is 2. The first-order valence-corrected chi connectivity index (χ1v) is 7.85. The van der Waals surface area contributed by atoms with E-state index < -0.39 is 0 Å². The summed E-state index contributed by atoms with van der Waals surface area (Å²) in [4.78, 5) is 13.4. The number of morpholine rings is 1. The van der Waals surface area contributed by atoms with Gasteiger partial charge in [-0.2, -0.15) is 0 Å².